The molecule has 1 N–H and O–H groups in total. The molecule has 0 spiro atoms. The van der Waals surface area contributed by atoms with Crippen LogP contribution in [0.2, 0.25) is 0 Å². The number of anilines is 1. The number of methoxy groups -OCH3 is 1. The lowest BCUT2D eigenvalue weighted by Crippen LogP contribution is -2.10. The van der Waals surface area contributed by atoms with E-state index in [4.69, 9.17) is 4.74 Å². The maximum absolute atomic E-state index is 5.02. The fraction of sp³-hybridized carbons (Fsp3) is 0.455. The van der Waals surface area contributed by atoms with Gasteiger partial charge in [-0.2, -0.15) is 0 Å². The average molecular weight is 220 g/mol. The van der Waals surface area contributed by atoms with Gasteiger partial charge in [0.2, 0.25) is 0 Å². The number of aromatic nitrogens is 3. The molecule has 2 heterocycles. The highest BCUT2D eigenvalue weighted by Crippen LogP contribution is 2.14. The molecule has 0 aliphatic rings. The summed E-state index contributed by atoms with van der Waals surface area (Å²) in [6, 6.07) is 3.97. The van der Waals surface area contributed by atoms with Crippen LogP contribution in [0, 0.1) is 0 Å². The van der Waals surface area contributed by atoms with Gasteiger partial charge in [-0.05, 0) is 12.1 Å². The standard InChI is InChI=1S/C11H16N4O/c1-15(2)10-5-4-8-11(14-10)13-9(12-8)6-7-16-3/h4-5H,6-7H2,1-3H3,(H,12,13,14). The predicted molar refractivity (Wildman–Crippen MR) is 63.8 cm³/mol. The van der Waals surface area contributed by atoms with Gasteiger partial charge >= 0.3 is 0 Å². The summed E-state index contributed by atoms with van der Waals surface area (Å²) in [5, 5.41) is 0. The number of nitrogens with zero attached hydrogens (tertiary/aromatic N) is 3. The molecule has 2 rings (SSSR count). The predicted octanol–water partition coefficient (Wildman–Crippen LogP) is 1.21. The van der Waals surface area contributed by atoms with Crippen molar-refractivity contribution in [1.29, 1.82) is 0 Å². The third-order valence-corrected chi connectivity index (χ3v) is 2.38. The first-order valence-electron chi connectivity index (χ1n) is 5.22. The Kier molecular flexibility index (Phi) is 3.05. The Hall–Kier alpha value is -1.62. The van der Waals surface area contributed by atoms with E-state index in [1.807, 2.05) is 31.1 Å². The molecule has 2 aromatic rings. The molecular weight excluding hydrogens is 204 g/mol. The highest BCUT2D eigenvalue weighted by atomic mass is 16.5. The van der Waals surface area contributed by atoms with E-state index in [1.54, 1.807) is 7.11 Å². The van der Waals surface area contributed by atoms with Crippen LogP contribution in [-0.4, -0.2) is 42.8 Å². The molecule has 0 aromatic carbocycles. The molecule has 0 atom stereocenters. The SMILES string of the molecule is COCCc1nc2nc(N(C)C)ccc2[nH]1. The van der Waals surface area contributed by atoms with Crippen LogP contribution in [0.15, 0.2) is 12.1 Å². The minimum absolute atomic E-state index is 0.667. The summed E-state index contributed by atoms with van der Waals surface area (Å²) < 4.78 is 5.02. The van der Waals surface area contributed by atoms with Crippen molar-refractivity contribution in [3.63, 3.8) is 0 Å². The van der Waals surface area contributed by atoms with Gasteiger partial charge in [0, 0.05) is 27.6 Å². The molecule has 5 heteroatoms. The second kappa shape index (κ2) is 4.49. The summed E-state index contributed by atoms with van der Waals surface area (Å²) in [5.41, 5.74) is 1.73. The van der Waals surface area contributed by atoms with Gasteiger partial charge < -0.3 is 14.6 Å². The van der Waals surface area contributed by atoms with E-state index in [-0.39, 0.29) is 0 Å². The summed E-state index contributed by atoms with van der Waals surface area (Å²) in [5.74, 6) is 1.83. The Morgan fingerprint density at radius 3 is 2.81 bits per heavy atom. The molecule has 5 nitrogen and oxygen atoms in total. The number of hydrogen-bond acceptors (Lipinski definition) is 4. The van der Waals surface area contributed by atoms with Crippen LogP contribution >= 0.6 is 0 Å². The molecule has 0 radical (unpaired) electrons. The van der Waals surface area contributed by atoms with Gasteiger partial charge in [0.15, 0.2) is 5.65 Å². The number of pyridine rings is 1. The second-order valence-corrected chi connectivity index (χ2v) is 3.86. The number of H-pyrrole nitrogens is 1. The molecule has 86 valence electrons. The first kappa shape index (κ1) is 10.9. The summed E-state index contributed by atoms with van der Waals surface area (Å²) in [6.07, 6.45) is 0.782. The van der Waals surface area contributed by atoms with Gasteiger partial charge in [0.25, 0.3) is 0 Å². The zero-order chi connectivity index (χ0) is 11.5. The fourth-order valence-electron chi connectivity index (χ4n) is 1.50. The quantitative estimate of drug-likeness (QED) is 0.841. The highest BCUT2D eigenvalue weighted by Gasteiger charge is 2.05. The first-order chi connectivity index (χ1) is 7.70. The lowest BCUT2D eigenvalue weighted by atomic mass is 10.4. The summed E-state index contributed by atoms with van der Waals surface area (Å²) in [4.78, 5) is 14.1. The molecule has 0 saturated heterocycles. The van der Waals surface area contributed by atoms with Gasteiger partial charge in [0.05, 0.1) is 12.1 Å². The van der Waals surface area contributed by atoms with E-state index < -0.39 is 0 Å². The molecule has 0 saturated carbocycles. The van der Waals surface area contributed by atoms with E-state index in [9.17, 15) is 0 Å². The maximum Gasteiger partial charge on any atom is 0.179 e. The van der Waals surface area contributed by atoms with E-state index in [1.165, 1.54) is 0 Å². The van der Waals surface area contributed by atoms with Crippen LogP contribution in [0.5, 0.6) is 0 Å². The van der Waals surface area contributed by atoms with Crippen molar-refractivity contribution in [3.05, 3.63) is 18.0 Å². The van der Waals surface area contributed by atoms with E-state index >= 15 is 0 Å². The maximum atomic E-state index is 5.02. The molecule has 2 aromatic heterocycles. The molecule has 0 unspecified atom stereocenters. The van der Waals surface area contributed by atoms with Gasteiger partial charge in [-0.3, -0.25) is 0 Å². The molecule has 0 amide bonds. The summed E-state index contributed by atoms with van der Waals surface area (Å²) in [7, 11) is 5.62. The third kappa shape index (κ3) is 2.14. The Morgan fingerprint density at radius 2 is 2.12 bits per heavy atom. The van der Waals surface area contributed by atoms with Crippen molar-refractivity contribution in [3.8, 4) is 0 Å². The lowest BCUT2D eigenvalue weighted by Gasteiger charge is -2.09. The zero-order valence-electron chi connectivity index (χ0n) is 9.82. The smallest absolute Gasteiger partial charge is 0.179 e. The second-order valence-electron chi connectivity index (χ2n) is 3.86. The van der Waals surface area contributed by atoms with Crippen molar-refractivity contribution >= 4 is 17.0 Å². The Labute approximate surface area is 94.5 Å². The monoisotopic (exact) mass is 220 g/mol. The first-order valence-corrected chi connectivity index (χ1v) is 5.22. The lowest BCUT2D eigenvalue weighted by molar-refractivity contribution is 0.201. The number of aromatic amines is 1. The van der Waals surface area contributed by atoms with Crippen LogP contribution in [0.3, 0.4) is 0 Å². The molecule has 16 heavy (non-hydrogen) atoms. The topological polar surface area (TPSA) is 54.0 Å². The number of hydrogen-bond donors (Lipinski definition) is 1. The minimum atomic E-state index is 0.667. The Balaban J connectivity index is 2.30. The largest absolute Gasteiger partial charge is 0.384 e. The number of imidazole rings is 1. The molecular formula is C11H16N4O. The number of ether oxygens (including phenoxy) is 1. The fourth-order valence-corrected chi connectivity index (χ4v) is 1.50. The normalized spacial score (nSPS) is 10.9. The number of rotatable bonds is 4. The van der Waals surface area contributed by atoms with E-state index in [0.717, 1.165) is 29.2 Å². The van der Waals surface area contributed by atoms with Gasteiger partial charge in [0.1, 0.15) is 11.6 Å². The van der Waals surface area contributed by atoms with Crippen LogP contribution < -0.4 is 4.90 Å². The van der Waals surface area contributed by atoms with Crippen molar-refractivity contribution in [2.24, 2.45) is 0 Å². The van der Waals surface area contributed by atoms with Crippen LogP contribution in [0.25, 0.3) is 11.2 Å². The van der Waals surface area contributed by atoms with Crippen molar-refractivity contribution in [2.45, 2.75) is 6.42 Å². The van der Waals surface area contributed by atoms with E-state index in [2.05, 4.69) is 15.0 Å². The molecule has 0 fully saturated rings. The highest BCUT2D eigenvalue weighted by molar-refractivity contribution is 5.73. The Morgan fingerprint density at radius 1 is 1.31 bits per heavy atom. The molecule has 0 aliphatic carbocycles. The average Bonchev–Trinajstić information content (AvgIpc) is 2.67. The van der Waals surface area contributed by atoms with Crippen LogP contribution in [0.1, 0.15) is 5.82 Å². The zero-order valence-corrected chi connectivity index (χ0v) is 9.82. The van der Waals surface area contributed by atoms with Crippen molar-refractivity contribution in [2.75, 3.05) is 32.7 Å². The van der Waals surface area contributed by atoms with Gasteiger partial charge in [-0.25, -0.2) is 9.97 Å². The third-order valence-electron chi connectivity index (χ3n) is 2.38. The number of nitrogens with one attached hydrogen (secondary N) is 1. The molecule has 0 aliphatic heterocycles. The summed E-state index contributed by atoms with van der Waals surface area (Å²) >= 11 is 0. The van der Waals surface area contributed by atoms with E-state index in [0.29, 0.717) is 6.61 Å². The van der Waals surface area contributed by atoms with Crippen LogP contribution in [0.4, 0.5) is 5.82 Å². The summed E-state index contributed by atoms with van der Waals surface area (Å²) in [6.45, 7) is 0.667. The van der Waals surface area contributed by atoms with Gasteiger partial charge in [-0.15, -0.1) is 0 Å². The molecule has 0 bridgehead atoms. The van der Waals surface area contributed by atoms with Crippen LogP contribution in [-0.2, 0) is 11.2 Å². The minimum Gasteiger partial charge on any atom is -0.384 e. The number of fused-ring (bicyclic) bond motifs is 1. The van der Waals surface area contributed by atoms with Crippen molar-refractivity contribution < 1.29 is 4.74 Å². The van der Waals surface area contributed by atoms with Crippen molar-refractivity contribution in [1.82, 2.24) is 15.0 Å². The van der Waals surface area contributed by atoms with Gasteiger partial charge in [-0.1, -0.05) is 0 Å². The Bertz CT molecular complexity index is 478.